The molecule has 2 heterocycles. The number of nitrogens with one attached hydrogen (secondary N) is 1. The first-order valence-electron chi connectivity index (χ1n) is 6.83. The molecular weight excluding hydrogens is 334 g/mol. The maximum absolute atomic E-state index is 11.9. The molecule has 0 aliphatic carbocycles. The summed E-state index contributed by atoms with van der Waals surface area (Å²) in [7, 11) is 1.91. The lowest BCUT2D eigenvalue weighted by Crippen LogP contribution is -2.24. The van der Waals surface area contributed by atoms with Crippen LogP contribution in [-0.4, -0.2) is 25.5 Å². The van der Waals surface area contributed by atoms with Gasteiger partial charge in [0, 0.05) is 43.5 Å². The van der Waals surface area contributed by atoms with Crippen molar-refractivity contribution in [3.8, 4) is 0 Å². The zero-order valence-corrected chi connectivity index (χ0v) is 14.4. The van der Waals surface area contributed by atoms with E-state index in [1.165, 1.54) is 0 Å². The van der Waals surface area contributed by atoms with Gasteiger partial charge in [-0.05, 0) is 36.7 Å². The lowest BCUT2D eigenvalue weighted by Gasteiger charge is -2.07. The molecule has 0 fully saturated rings. The van der Waals surface area contributed by atoms with E-state index in [0.29, 0.717) is 19.5 Å². The fraction of sp³-hybridized carbons (Fsp3) is 0.500. The molecule has 21 heavy (non-hydrogen) atoms. The minimum atomic E-state index is 0.0173. The van der Waals surface area contributed by atoms with E-state index in [0.717, 1.165) is 27.1 Å². The number of nitrogens with zero attached hydrogens (tertiary/aromatic N) is 4. The number of halogens is 1. The van der Waals surface area contributed by atoms with Gasteiger partial charge in [-0.15, -0.1) is 0 Å². The molecule has 0 aliphatic heterocycles. The minimum absolute atomic E-state index is 0.0173. The molecule has 0 aliphatic rings. The van der Waals surface area contributed by atoms with Crippen LogP contribution in [0.25, 0.3) is 0 Å². The molecule has 2 aromatic heterocycles. The third-order valence-corrected chi connectivity index (χ3v) is 4.49. The number of aromatic nitrogens is 4. The molecule has 0 aromatic carbocycles. The van der Waals surface area contributed by atoms with E-state index in [9.17, 15) is 4.79 Å². The molecule has 0 spiro atoms. The second-order valence-electron chi connectivity index (χ2n) is 5.10. The lowest BCUT2D eigenvalue weighted by atomic mass is 10.2. The zero-order chi connectivity index (χ0) is 15.6. The van der Waals surface area contributed by atoms with Crippen molar-refractivity contribution >= 4 is 21.8 Å². The van der Waals surface area contributed by atoms with Crippen LogP contribution in [0.1, 0.15) is 29.1 Å². The number of rotatable bonds is 5. The molecule has 1 amide bonds. The first-order chi connectivity index (χ1) is 9.90. The van der Waals surface area contributed by atoms with Gasteiger partial charge < -0.3 is 5.32 Å². The predicted molar refractivity (Wildman–Crippen MR) is 83.8 cm³/mol. The van der Waals surface area contributed by atoms with Gasteiger partial charge >= 0.3 is 0 Å². The fourth-order valence-corrected chi connectivity index (χ4v) is 2.50. The molecule has 0 saturated heterocycles. The summed E-state index contributed by atoms with van der Waals surface area (Å²) in [5.74, 6) is 0.0173. The Morgan fingerprint density at radius 2 is 2.05 bits per heavy atom. The van der Waals surface area contributed by atoms with Crippen LogP contribution >= 0.6 is 15.9 Å². The van der Waals surface area contributed by atoms with Crippen LogP contribution in [0.4, 0.5) is 0 Å². The van der Waals surface area contributed by atoms with Crippen LogP contribution in [0.2, 0.25) is 0 Å². The first-order valence-corrected chi connectivity index (χ1v) is 7.63. The van der Waals surface area contributed by atoms with Crippen LogP contribution in [0.15, 0.2) is 10.7 Å². The van der Waals surface area contributed by atoms with Gasteiger partial charge in [-0.25, -0.2) is 0 Å². The number of carbonyl (C=O) groups is 1. The summed E-state index contributed by atoms with van der Waals surface area (Å²) in [6, 6.07) is 0. The van der Waals surface area contributed by atoms with Crippen LogP contribution < -0.4 is 5.32 Å². The average Bonchev–Trinajstić information content (AvgIpc) is 2.88. The van der Waals surface area contributed by atoms with Gasteiger partial charge in [0.15, 0.2) is 0 Å². The van der Waals surface area contributed by atoms with Crippen molar-refractivity contribution in [1.29, 1.82) is 0 Å². The Kier molecular flexibility index (Phi) is 4.82. The Hall–Kier alpha value is -1.63. The summed E-state index contributed by atoms with van der Waals surface area (Å²) in [6.45, 7) is 7.03. The summed E-state index contributed by atoms with van der Waals surface area (Å²) in [5, 5.41) is 11.5. The highest BCUT2D eigenvalue weighted by Gasteiger charge is 2.11. The van der Waals surface area contributed by atoms with Crippen LogP contribution in [-0.2, 0) is 24.9 Å². The Labute approximate surface area is 132 Å². The highest BCUT2D eigenvalue weighted by Crippen LogP contribution is 2.14. The van der Waals surface area contributed by atoms with E-state index >= 15 is 0 Å². The van der Waals surface area contributed by atoms with Crippen LogP contribution in [0.5, 0.6) is 0 Å². The van der Waals surface area contributed by atoms with E-state index in [4.69, 9.17) is 0 Å². The molecule has 0 bridgehead atoms. The number of hydrogen-bond acceptors (Lipinski definition) is 3. The van der Waals surface area contributed by atoms with Gasteiger partial charge in [0.1, 0.15) is 0 Å². The van der Waals surface area contributed by atoms with Gasteiger partial charge in [0.05, 0.1) is 16.4 Å². The molecule has 0 unspecified atom stereocenters. The Morgan fingerprint density at radius 1 is 1.33 bits per heavy atom. The van der Waals surface area contributed by atoms with Crippen molar-refractivity contribution in [3.63, 3.8) is 0 Å². The first kappa shape index (κ1) is 15.8. The zero-order valence-electron chi connectivity index (χ0n) is 12.8. The molecule has 6 nitrogen and oxygen atoms in total. The highest BCUT2D eigenvalue weighted by molar-refractivity contribution is 9.10. The normalized spacial score (nSPS) is 10.9. The molecule has 2 rings (SSSR count). The van der Waals surface area contributed by atoms with Crippen molar-refractivity contribution in [2.24, 2.45) is 7.05 Å². The van der Waals surface area contributed by atoms with Gasteiger partial charge in [-0.3, -0.25) is 14.2 Å². The summed E-state index contributed by atoms with van der Waals surface area (Å²) in [4.78, 5) is 11.9. The molecule has 0 radical (unpaired) electrons. The van der Waals surface area contributed by atoms with Gasteiger partial charge in [-0.1, -0.05) is 0 Å². The van der Waals surface area contributed by atoms with Gasteiger partial charge in [-0.2, -0.15) is 10.2 Å². The SMILES string of the molecule is Cc1nn(C)c(C)c1CNC(=O)CCn1ncc(Br)c1C. The molecule has 7 heteroatoms. The molecule has 1 N–H and O–H groups in total. The van der Waals surface area contributed by atoms with E-state index in [2.05, 4.69) is 31.4 Å². The van der Waals surface area contributed by atoms with E-state index in [1.807, 2.05) is 37.2 Å². The largest absolute Gasteiger partial charge is 0.352 e. The molecule has 0 atom stereocenters. The van der Waals surface area contributed by atoms with Crippen molar-refractivity contribution < 1.29 is 4.79 Å². The standard InChI is InChI=1S/C14H20BrN5O/c1-9-12(10(2)19(4)18-9)7-16-14(21)5-6-20-11(3)13(15)8-17-20/h8H,5-7H2,1-4H3,(H,16,21). The number of aryl methyl sites for hydroxylation is 3. The highest BCUT2D eigenvalue weighted by atomic mass is 79.9. The minimum Gasteiger partial charge on any atom is -0.352 e. The predicted octanol–water partition coefficient (Wildman–Crippen LogP) is 2.01. The average molecular weight is 354 g/mol. The quantitative estimate of drug-likeness (QED) is 0.893. The topological polar surface area (TPSA) is 64.7 Å². The number of hydrogen-bond donors (Lipinski definition) is 1. The van der Waals surface area contributed by atoms with Gasteiger partial charge in [0.25, 0.3) is 0 Å². The summed E-state index contributed by atoms with van der Waals surface area (Å²) in [6.07, 6.45) is 2.16. The summed E-state index contributed by atoms with van der Waals surface area (Å²) in [5.41, 5.74) is 4.16. The third-order valence-electron chi connectivity index (χ3n) is 3.72. The van der Waals surface area contributed by atoms with Crippen molar-refractivity contribution in [2.45, 2.75) is 40.3 Å². The van der Waals surface area contributed by atoms with Crippen molar-refractivity contribution in [1.82, 2.24) is 24.9 Å². The Balaban J connectivity index is 1.86. The van der Waals surface area contributed by atoms with Crippen molar-refractivity contribution in [3.05, 3.63) is 33.3 Å². The van der Waals surface area contributed by atoms with Gasteiger partial charge in [0.2, 0.25) is 5.91 Å². The summed E-state index contributed by atoms with van der Waals surface area (Å²) >= 11 is 3.41. The smallest absolute Gasteiger partial charge is 0.222 e. The van der Waals surface area contributed by atoms with E-state index in [1.54, 1.807) is 6.20 Å². The number of amides is 1. The van der Waals surface area contributed by atoms with E-state index < -0.39 is 0 Å². The third kappa shape index (κ3) is 3.53. The maximum Gasteiger partial charge on any atom is 0.222 e. The van der Waals surface area contributed by atoms with Crippen LogP contribution in [0.3, 0.4) is 0 Å². The second-order valence-corrected chi connectivity index (χ2v) is 5.96. The molecule has 2 aromatic rings. The second kappa shape index (κ2) is 6.43. The molecular formula is C14H20BrN5O. The number of carbonyl (C=O) groups excluding carboxylic acids is 1. The van der Waals surface area contributed by atoms with Crippen molar-refractivity contribution in [2.75, 3.05) is 0 Å². The molecule has 114 valence electrons. The van der Waals surface area contributed by atoms with E-state index in [-0.39, 0.29) is 5.91 Å². The summed E-state index contributed by atoms with van der Waals surface area (Å²) < 4.78 is 4.62. The Bertz CT molecular complexity index is 659. The fourth-order valence-electron chi connectivity index (χ4n) is 2.21. The monoisotopic (exact) mass is 353 g/mol. The Morgan fingerprint density at radius 3 is 2.57 bits per heavy atom. The lowest BCUT2D eigenvalue weighted by molar-refractivity contribution is -0.121. The van der Waals surface area contributed by atoms with Crippen LogP contribution in [0, 0.1) is 20.8 Å². The maximum atomic E-state index is 11.9. The molecule has 0 saturated carbocycles.